The van der Waals surface area contributed by atoms with Crippen LogP contribution in [0.4, 0.5) is 0 Å². The molecule has 0 heterocycles. The van der Waals surface area contributed by atoms with E-state index in [1.54, 1.807) is 41.5 Å². The SMILES string of the molecule is CC(C)C[C@H](NC(=O)[C@H](CC(C)C)NC(=O)[C@H](CC(C)C)NC(=O)[C@H](CCCN=C(N)N)NC(=O)[C@@H](N)CC(N)=O)C(=O)N[C@@H](CO)C(=O)NCC(=O)O. The Bertz CT molecular complexity index is 1320. The van der Waals surface area contributed by atoms with Gasteiger partial charge in [-0.2, -0.15) is 0 Å². The molecule has 0 aliphatic rings. The highest BCUT2D eigenvalue weighted by Gasteiger charge is 2.33. The van der Waals surface area contributed by atoms with Gasteiger partial charge >= 0.3 is 5.97 Å². The van der Waals surface area contributed by atoms with Crippen LogP contribution in [0.3, 0.4) is 0 Å². The molecule has 0 fully saturated rings. The van der Waals surface area contributed by atoms with Gasteiger partial charge in [0.1, 0.15) is 36.8 Å². The third kappa shape index (κ3) is 20.9. The normalized spacial score (nSPS) is 14.4. The highest BCUT2D eigenvalue weighted by atomic mass is 16.4. The Morgan fingerprint density at radius 3 is 1.33 bits per heavy atom. The minimum Gasteiger partial charge on any atom is -0.480 e. The monoisotopic (exact) mass is 771 g/mol. The molecular formula is C33H61N11O10. The minimum absolute atomic E-state index is 0.0176. The van der Waals surface area contributed by atoms with Gasteiger partial charge in [0.15, 0.2) is 5.96 Å². The summed E-state index contributed by atoms with van der Waals surface area (Å²) in [5.74, 6) is -7.59. The Hall–Kier alpha value is -5.05. The fourth-order valence-corrected chi connectivity index (χ4v) is 5.04. The van der Waals surface area contributed by atoms with Crippen LogP contribution in [0.15, 0.2) is 4.99 Å². The van der Waals surface area contributed by atoms with Crippen LogP contribution in [0.2, 0.25) is 0 Å². The topological polar surface area (TPSA) is 366 Å². The van der Waals surface area contributed by atoms with E-state index in [1.165, 1.54) is 0 Å². The van der Waals surface area contributed by atoms with Crippen LogP contribution in [0.1, 0.15) is 80.1 Å². The molecule has 0 aliphatic carbocycles. The maximum absolute atomic E-state index is 13.8. The van der Waals surface area contributed by atoms with Crippen molar-refractivity contribution >= 4 is 53.3 Å². The van der Waals surface area contributed by atoms with Gasteiger partial charge in [-0.1, -0.05) is 41.5 Å². The summed E-state index contributed by atoms with van der Waals surface area (Å²) < 4.78 is 0. The number of carboxylic acids is 1. The van der Waals surface area contributed by atoms with E-state index in [0.717, 1.165) is 0 Å². The Morgan fingerprint density at radius 1 is 0.593 bits per heavy atom. The molecule has 0 saturated carbocycles. The van der Waals surface area contributed by atoms with Gasteiger partial charge in [-0.25, -0.2) is 0 Å². The van der Waals surface area contributed by atoms with Crippen molar-refractivity contribution in [3.05, 3.63) is 0 Å². The number of carbonyl (C=O) groups excluding carboxylic acids is 7. The molecule has 0 bridgehead atoms. The van der Waals surface area contributed by atoms with Crippen molar-refractivity contribution in [3.63, 3.8) is 0 Å². The van der Waals surface area contributed by atoms with Gasteiger partial charge in [-0.15, -0.1) is 0 Å². The fourth-order valence-electron chi connectivity index (χ4n) is 5.04. The summed E-state index contributed by atoms with van der Waals surface area (Å²) >= 11 is 0. The van der Waals surface area contributed by atoms with Crippen molar-refractivity contribution in [3.8, 4) is 0 Å². The summed E-state index contributed by atoms with van der Waals surface area (Å²) in [5, 5.41) is 33.3. The first kappa shape index (κ1) is 49.0. The molecule has 54 heavy (non-hydrogen) atoms. The highest BCUT2D eigenvalue weighted by Crippen LogP contribution is 2.12. The summed E-state index contributed by atoms with van der Waals surface area (Å²) in [6.07, 6.45) is 0.109. The first-order chi connectivity index (χ1) is 25.1. The second-order valence-corrected chi connectivity index (χ2v) is 14.2. The van der Waals surface area contributed by atoms with Crippen LogP contribution < -0.4 is 54.8 Å². The van der Waals surface area contributed by atoms with E-state index in [4.69, 9.17) is 28.0 Å². The van der Waals surface area contributed by atoms with Crippen molar-refractivity contribution in [2.24, 2.45) is 45.7 Å². The Balaban J connectivity index is 6.23. The van der Waals surface area contributed by atoms with E-state index < -0.39 is 103 Å². The summed E-state index contributed by atoms with van der Waals surface area (Å²) in [4.78, 5) is 105. The van der Waals surface area contributed by atoms with Gasteiger partial charge in [-0.3, -0.25) is 43.3 Å². The van der Waals surface area contributed by atoms with E-state index in [2.05, 4.69) is 36.9 Å². The second kappa shape index (κ2) is 25.1. The molecule has 16 N–H and O–H groups in total. The number of carbonyl (C=O) groups is 8. The van der Waals surface area contributed by atoms with Crippen molar-refractivity contribution in [1.82, 2.24) is 31.9 Å². The molecular weight excluding hydrogens is 710 g/mol. The molecule has 7 amide bonds. The van der Waals surface area contributed by atoms with E-state index in [0.29, 0.717) is 0 Å². The van der Waals surface area contributed by atoms with Gasteiger partial charge in [-0.05, 0) is 49.9 Å². The average Bonchev–Trinajstić information content (AvgIpc) is 3.04. The van der Waals surface area contributed by atoms with Gasteiger partial charge in [0.05, 0.1) is 19.1 Å². The van der Waals surface area contributed by atoms with Crippen LogP contribution in [0.5, 0.6) is 0 Å². The molecule has 308 valence electrons. The molecule has 0 aromatic rings. The van der Waals surface area contributed by atoms with Gasteiger partial charge in [0, 0.05) is 6.54 Å². The number of hydrogen-bond acceptors (Lipinski definition) is 11. The first-order valence-corrected chi connectivity index (χ1v) is 17.8. The van der Waals surface area contributed by atoms with E-state index >= 15 is 0 Å². The highest BCUT2D eigenvalue weighted by molar-refractivity contribution is 5.97. The van der Waals surface area contributed by atoms with Crippen molar-refractivity contribution in [2.45, 2.75) is 116 Å². The zero-order valence-corrected chi connectivity index (χ0v) is 32.0. The molecule has 0 aromatic heterocycles. The number of carboxylic acid groups (broad SMARTS) is 1. The van der Waals surface area contributed by atoms with Gasteiger partial charge in [0.2, 0.25) is 41.4 Å². The number of nitrogens with two attached hydrogens (primary N) is 4. The van der Waals surface area contributed by atoms with Crippen LogP contribution in [-0.4, -0.2) is 119 Å². The minimum atomic E-state index is -1.51. The molecule has 0 rings (SSSR count). The fraction of sp³-hybridized carbons (Fsp3) is 0.727. The maximum atomic E-state index is 13.8. The summed E-state index contributed by atoms with van der Waals surface area (Å²) in [5.41, 5.74) is 21.7. The lowest BCUT2D eigenvalue weighted by Crippen LogP contribution is -2.60. The molecule has 0 saturated heterocycles. The predicted octanol–water partition coefficient (Wildman–Crippen LogP) is -4.00. The Morgan fingerprint density at radius 2 is 0.981 bits per heavy atom. The molecule has 0 radical (unpaired) electrons. The summed E-state index contributed by atoms with van der Waals surface area (Å²) in [6.45, 7) is 9.30. The van der Waals surface area contributed by atoms with E-state index in [-0.39, 0.29) is 62.4 Å². The molecule has 0 aromatic carbocycles. The number of amides is 7. The molecule has 0 unspecified atom stereocenters. The first-order valence-electron chi connectivity index (χ1n) is 17.8. The number of guanidine groups is 1. The van der Waals surface area contributed by atoms with Crippen molar-refractivity contribution in [1.29, 1.82) is 0 Å². The standard InChI is InChI=1S/C33H61N11O10/c1-16(2)10-21(41-29(51)20(8-7-9-38-33(36)37)40-27(49)19(34)13-25(35)46)30(52)42-22(11-17(3)4)31(53)43-23(12-18(5)6)32(54)44-24(15-45)28(50)39-14-26(47)48/h16-24,45H,7-15,34H2,1-6H3,(H2,35,46)(H,39,50)(H,40,49)(H,41,51)(H,42,52)(H,43,53)(H,44,54)(H,47,48)(H4,36,37,38)/t19-,20-,21-,22-,23-,24-/m0/s1. The zero-order valence-electron chi connectivity index (χ0n) is 32.0. The summed E-state index contributed by atoms with van der Waals surface area (Å²) in [7, 11) is 0. The van der Waals surface area contributed by atoms with E-state index in [9.17, 15) is 43.5 Å². The average molecular weight is 772 g/mol. The van der Waals surface area contributed by atoms with Crippen LogP contribution in [0, 0.1) is 17.8 Å². The van der Waals surface area contributed by atoms with E-state index in [1.807, 2.05) is 0 Å². The quantitative estimate of drug-likeness (QED) is 0.0227. The molecule has 21 nitrogen and oxygen atoms in total. The largest absolute Gasteiger partial charge is 0.480 e. The lowest BCUT2D eigenvalue weighted by atomic mass is 9.98. The number of hydrogen-bond donors (Lipinski definition) is 12. The van der Waals surface area contributed by atoms with Gasteiger partial charge < -0.3 is 65.0 Å². The van der Waals surface area contributed by atoms with Gasteiger partial charge in [0.25, 0.3) is 0 Å². The van der Waals surface area contributed by atoms with Crippen molar-refractivity contribution in [2.75, 3.05) is 19.7 Å². The lowest BCUT2D eigenvalue weighted by Gasteiger charge is -2.28. The number of aliphatic imine (C=N–C) groups is 1. The molecule has 0 aliphatic heterocycles. The lowest BCUT2D eigenvalue weighted by molar-refractivity contribution is -0.139. The Kier molecular flexibility index (Phi) is 22.7. The smallest absolute Gasteiger partial charge is 0.322 e. The number of nitrogens with one attached hydrogen (secondary N) is 6. The Labute approximate surface area is 315 Å². The van der Waals surface area contributed by atoms with Crippen molar-refractivity contribution < 1.29 is 48.6 Å². The van der Waals surface area contributed by atoms with Crippen LogP contribution in [-0.2, 0) is 38.4 Å². The maximum Gasteiger partial charge on any atom is 0.322 e. The number of aliphatic hydroxyl groups is 1. The summed E-state index contributed by atoms with van der Waals surface area (Å²) in [6, 6.07) is -7.69. The zero-order chi connectivity index (χ0) is 41.7. The predicted molar refractivity (Wildman–Crippen MR) is 197 cm³/mol. The number of primary amides is 1. The number of aliphatic carboxylic acids is 1. The molecule has 21 heteroatoms. The number of rotatable bonds is 26. The third-order valence-electron chi connectivity index (χ3n) is 7.59. The third-order valence-corrected chi connectivity index (χ3v) is 7.59. The molecule has 0 spiro atoms. The number of aliphatic hydroxyl groups excluding tert-OH is 1. The molecule has 6 atom stereocenters. The van der Waals surface area contributed by atoms with Crippen LogP contribution in [0.25, 0.3) is 0 Å². The number of nitrogens with zero attached hydrogens (tertiary/aromatic N) is 1. The second-order valence-electron chi connectivity index (χ2n) is 14.2. The van der Waals surface area contributed by atoms with Crippen LogP contribution >= 0.6 is 0 Å².